The first-order valence-electron chi connectivity index (χ1n) is 4.78. The number of esters is 1. The van der Waals surface area contributed by atoms with E-state index in [2.05, 4.69) is 0 Å². The monoisotopic (exact) mass is 195 g/mol. The molecule has 0 bridgehead atoms. The number of ether oxygens (including phenoxy) is 1. The molecule has 0 N–H and O–H groups in total. The van der Waals surface area contributed by atoms with Gasteiger partial charge in [0, 0.05) is 0 Å². The molecule has 0 heterocycles. The summed E-state index contributed by atoms with van der Waals surface area (Å²) in [4.78, 5) is 11.3. The Morgan fingerprint density at radius 3 is 2.36 bits per heavy atom. The molecule has 0 aliphatic heterocycles. The Morgan fingerprint density at radius 1 is 1.43 bits per heavy atom. The lowest BCUT2D eigenvalue weighted by atomic mass is 10.1. The fourth-order valence-corrected chi connectivity index (χ4v) is 0.806. The SMILES string of the molecule is CC(C)C/C=C(\C#N)C(=O)OC(C)C. The number of rotatable bonds is 4. The van der Waals surface area contributed by atoms with Gasteiger partial charge in [-0.25, -0.2) is 4.79 Å². The van der Waals surface area contributed by atoms with Crippen LogP contribution in [0.15, 0.2) is 11.6 Å². The molecule has 0 rings (SSSR count). The zero-order valence-corrected chi connectivity index (χ0v) is 9.20. The average molecular weight is 195 g/mol. The van der Waals surface area contributed by atoms with Gasteiger partial charge in [0.1, 0.15) is 11.6 Å². The van der Waals surface area contributed by atoms with Crippen LogP contribution in [0.1, 0.15) is 34.1 Å². The van der Waals surface area contributed by atoms with Crippen LogP contribution in [-0.4, -0.2) is 12.1 Å². The minimum absolute atomic E-state index is 0.104. The maximum Gasteiger partial charge on any atom is 0.348 e. The molecule has 14 heavy (non-hydrogen) atoms. The lowest BCUT2D eigenvalue weighted by Crippen LogP contribution is -2.13. The van der Waals surface area contributed by atoms with E-state index < -0.39 is 5.97 Å². The van der Waals surface area contributed by atoms with Gasteiger partial charge in [0.05, 0.1) is 6.10 Å². The molecular formula is C11H17NO2. The molecule has 0 aliphatic rings. The van der Waals surface area contributed by atoms with Gasteiger partial charge in [0.25, 0.3) is 0 Å². The van der Waals surface area contributed by atoms with Gasteiger partial charge < -0.3 is 4.74 Å². The van der Waals surface area contributed by atoms with Crippen LogP contribution in [0, 0.1) is 17.2 Å². The third-order valence-electron chi connectivity index (χ3n) is 1.48. The van der Waals surface area contributed by atoms with Crippen LogP contribution in [0.5, 0.6) is 0 Å². The molecule has 0 atom stereocenters. The first-order chi connectivity index (χ1) is 6.47. The summed E-state index contributed by atoms with van der Waals surface area (Å²) in [6.07, 6.45) is 2.17. The van der Waals surface area contributed by atoms with E-state index in [4.69, 9.17) is 10.00 Å². The second kappa shape index (κ2) is 6.20. The van der Waals surface area contributed by atoms with E-state index in [0.29, 0.717) is 5.92 Å². The van der Waals surface area contributed by atoms with Crippen LogP contribution in [0.4, 0.5) is 0 Å². The van der Waals surface area contributed by atoms with Crippen molar-refractivity contribution in [1.82, 2.24) is 0 Å². The van der Waals surface area contributed by atoms with Crippen LogP contribution < -0.4 is 0 Å². The quantitative estimate of drug-likeness (QED) is 0.393. The summed E-state index contributed by atoms with van der Waals surface area (Å²) in [5.41, 5.74) is 0.104. The van der Waals surface area contributed by atoms with E-state index in [1.54, 1.807) is 19.9 Å². The van der Waals surface area contributed by atoms with E-state index in [1.807, 2.05) is 19.9 Å². The summed E-state index contributed by atoms with van der Waals surface area (Å²) in [6, 6.07) is 1.85. The number of carbonyl (C=O) groups is 1. The van der Waals surface area contributed by atoms with Crippen molar-refractivity contribution in [2.24, 2.45) is 5.92 Å². The van der Waals surface area contributed by atoms with Crippen LogP contribution in [0.2, 0.25) is 0 Å². The Bertz CT molecular complexity index is 259. The molecule has 3 heteroatoms. The molecule has 0 aromatic rings. The summed E-state index contributed by atoms with van der Waals surface area (Å²) in [5.74, 6) is -0.0895. The van der Waals surface area contributed by atoms with E-state index in [1.165, 1.54) is 0 Å². The highest BCUT2D eigenvalue weighted by Crippen LogP contribution is 2.06. The lowest BCUT2D eigenvalue weighted by molar-refractivity contribution is -0.142. The first kappa shape index (κ1) is 12.7. The highest BCUT2D eigenvalue weighted by Gasteiger charge is 2.11. The van der Waals surface area contributed by atoms with Gasteiger partial charge in [0.2, 0.25) is 0 Å². The Balaban J connectivity index is 4.35. The summed E-state index contributed by atoms with van der Waals surface area (Å²) < 4.78 is 4.91. The number of allylic oxidation sites excluding steroid dienone is 1. The minimum Gasteiger partial charge on any atom is -0.459 e. The standard InChI is InChI=1S/C11H17NO2/c1-8(2)5-6-10(7-12)11(13)14-9(3)4/h6,8-9H,5H2,1-4H3/b10-6+. The number of carbonyl (C=O) groups excluding carboxylic acids is 1. The molecule has 0 fully saturated rings. The van der Waals surface area contributed by atoms with Crippen molar-refractivity contribution in [2.75, 3.05) is 0 Å². The number of hydrogen-bond donors (Lipinski definition) is 0. The summed E-state index contributed by atoms with van der Waals surface area (Å²) in [6.45, 7) is 7.57. The molecule has 3 nitrogen and oxygen atoms in total. The van der Waals surface area contributed by atoms with Gasteiger partial charge in [-0.3, -0.25) is 0 Å². The van der Waals surface area contributed by atoms with Crippen molar-refractivity contribution in [2.45, 2.75) is 40.2 Å². The highest BCUT2D eigenvalue weighted by atomic mass is 16.5. The third-order valence-corrected chi connectivity index (χ3v) is 1.48. The number of nitrogens with zero attached hydrogens (tertiary/aromatic N) is 1. The highest BCUT2D eigenvalue weighted by molar-refractivity contribution is 5.92. The van der Waals surface area contributed by atoms with Crippen LogP contribution in [0.25, 0.3) is 0 Å². The van der Waals surface area contributed by atoms with E-state index >= 15 is 0 Å². The second-order valence-electron chi connectivity index (χ2n) is 3.81. The summed E-state index contributed by atoms with van der Waals surface area (Å²) >= 11 is 0. The van der Waals surface area contributed by atoms with Gasteiger partial charge in [-0.05, 0) is 26.2 Å². The maximum atomic E-state index is 11.3. The van der Waals surface area contributed by atoms with Gasteiger partial charge in [-0.1, -0.05) is 19.9 Å². The van der Waals surface area contributed by atoms with Crippen molar-refractivity contribution < 1.29 is 9.53 Å². The Hall–Kier alpha value is -1.30. The molecule has 0 radical (unpaired) electrons. The Labute approximate surface area is 85.4 Å². The zero-order valence-electron chi connectivity index (χ0n) is 9.20. The Morgan fingerprint density at radius 2 is 2.00 bits per heavy atom. The zero-order chi connectivity index (χ0) is 11.1. The van der Waals surface area contributed by atoms with E-state index in [-0.39, 0.29) is 11.7 Å². The summed E-state index contributed by atoms with van der Waals surface area (Å²) in [5, 5.41) is 8.70. The van der Waals surface area contributed by atoms with Crippen molar-refractivity contribution >= 4 is 5.97 Å². The van der Waals surface area contributed by atoms with Crippen LogP contribution in [0.3, 0.4) is 0 Å². The molecule has 0 aromatic carbocycles. The lowest BCUT2D eigenvalue weighted by Gasteiger charge is -2.06. The maximum absolute atomic E-state index is 11.3. The van der Waals surface area contributed by atoms with Crippen LogP contribution in [-0.2, 0) is 9.53 Å². The van der Waals surface area contributed by atoms with Gasteiger partial charge in [-0.2, -0.15) is 5.26 Å². The normalized spacial score (nSPS) is 11.6. The van der Waals surface area contributed by atoms with E-state index in [9.17, 15) is 4.79 Å². The molecular weight excluding hydrogens is 178 g/mol. The predicted molar refractivity (Wildman–Crippen MR) is 54.4 cm³/mol. The molecule has 0 saturated carbocycles. The molecule has 78 valence electrons. The molecule has 0 amide bonds. The topological polar surface area (TPSA) is 50.1 Å². The molecule has 0 unspecified atom stereocenters. The van der Waals surface area contributed by atoms with Gasteiger partial charge in [-0.15, -0.1) is 0 Å². The first-order valence-corrected chi connectivity index (χ1v) is 4.78. The predicted octanol–water partition coefficient (Wildman–Crippen LogP) is 2.43. The minimum atomic E-state index is -0.525. The smallest absolute Gasteiger partial charge is 0.348 e. The number of nitriles is 1. The van der Waals surface area contributed by atoms with Gasteiger partial charge >= 0.3 is 5.97 Å². The molecule has 0 aliphatic carbocycles. The fraction of sp³-hybridized carbons (Fsp3) is 0.636. The van der Waals surface area contributed by atoms with Crippen molar-refractivity contribution in [3.8, 4) is 6.07 Å². The van der Waals surface area contributed by atoms with Crippen molar-refractivity contribution in [1.29, 1.82) is 5.26 Å². The van der Waals surface area contributed by atoms with Crippen molar-refractivity contribution in [3.63, 3.8) is 0 Å². The average Bonchev–Trinajstić information content (AvgIpc) is 2.03. The largest absolute Gasteiger partial charge is 0.459 e. The summed E-state index contributed by atoms with van der Waals surface area (Å²) in [7, 11) is 0. The molecule has 0 aromatic heterocycles. The van der Waals surface area contributed by atoms with Crippen LogP contribution >= 0.6 is 0 Å². The van der Waals surface area contributed by atoms with E-state index in [0.717, 1.165) is 6.42 Å². The van der Waals surface area contributed by atoms with Gasteiger partial charge in [0.15, 0.2) is 0 Å². The number of hydrogen-bond acceptors (Lipinski definition) is 3. The Kier molecular flexibility index (Phi) is 5.62. The molecule has 0 saturated heterocycles. The molecule has 0 spiro atoms. The van der Waals surface area contributed by atoms with Crippen molar-refractivity contribution in [3.05, 3.63) is 11.6 Å². The third kappa shape index (κ3) is 5.36. The second-order valence-corrected chi connectivity index (χ2v) is 3.81. The fourth-order valence-electron chi connectivity index (χ4n) is 0.806.